The van der Waals surface area contributed by atoms with Gasteiger partial charge in [-0.1, -0.05) is 12.1 Å². The molecule has 4 nitrogen and oxygen atoms in total. The molecule has 0 bridgehead atoms. The normalized spacial score (nSPS) is 11.4. The van der Waals surface area contributed by atoms with Gasteiger partial charge in [-0.05, 0) is 28.1 Å². The number of nitrogens with one attached hydrogen (secondary N) is 1. The lowest BCUT2D eigenvalue weighted by molar-refractivity contribution is -0.141. The maximum absolute atomic E-state index is 12.6. The molecule has 0 aliphatic heterocycles. The number of nitrogens with two attached hydrogens (primary N) is 1. The molecule has 0 aliphatic carbocycles. The van der Waals surface area contributed by atoms with Crippen molar-refractivity contribution < 1.29 is 13.2 Å². The number of halogens is 4. The molecule has 1 aromatic heterocycles. The summed E-state index contributed by atoms with van der Waals surface area (Å²) in [6, 6.07) is 7.76. The first kappa shape index (κ1) is 13.6. The van der Waals surface area contributed by atoms with Crippen LogP contribution >= 0.6 is 15.9 Å². The Morgan fingerprint density at radius 2 is 1.84 bits per heavy atom. The van der Waals surface area contributed by atoms with Crippen molar-refractivity contribution in [1.82, 2.24) is 9.97 Å². The van der Waals surface area contributed by atoms with Crippen LogP contribution in [0.5, 0.6) is 0 Å². The summed E-state index contributed by atoms with van der Waals surface area (Å²) in [4.78, 5) is 6.88. The SMILES string of the molecule is Nc1nc(Nc2ccccc2Br)cc(C(F)(F)F)n1. The van der Waals surface area contributed by atoms with Gasteiger partial charge in [-0.25, -0.2) is 4.98 Å². The highest BCUT2D eigenvalue weighted by atomic mass is 79.9. The van der Waals surface area contributed by atoms with Crippen molar-refractivity contribution in [3.8, 4) is 0 Å². The first-order valence-electron chi connectivity index (χ1n) is 5.09. The van der Waals surface area contributed by atoms with Gasteiger partial charge in [-0.3, -0.25) is 0 Å². The molecule has 0 radical (unpaired) electrons. The summed E-state index contributed by atoms with van der Waals surface area (Å²) < 4.78 is 38.4. The highest BCUT2D eigenvalue weighted by Gasteiger charge is 2.33. The molecule has 0 saturated carbocycles. The van der Waals surface area contributed by atoms with Gasteiger partial charge >= 0.3 is 6.18 Å². The van der Waals surface area contributed by atoms with E-state index in [1.165, 1.54) is 0 Å². The molecule has 19 heavy (non-hydrogen) atoms. The Kier molecular flexibility index (Phi) is 3.61. The zero-order valence-electron chi connectivity index (χ0n) is 9.37. The van der Waals surface area contributed by atoms with Gasteiger partial charge in [0.1, 0.15) is 5.82 Å². The first-order chi connectivity index (χ1) is 8.86. The van der Waals surface area contributed by atoms with Crippen LogP contribution in [0.3, 0.4) is 0 Å². The van der Waals surface area contributed by atoms with Gasteiger partial charge in [-0.15, -0.1) is 0 Å². The van der Waals surface area contributed by atoms with Crippen LogP contribution in [0.2, 0.25) is 0 Å². The Morgan fingerprint density at radius 1 is 1.16 bits per heavy atom. The number of nitrogens with zero attached hydrogens (tertiary/aromatic N) is 2. The van der Waals surface area contributed by atoms with Crippen LogP contribution in [-0.2, 0) is 6.18 Å². The molecule has 0 atom stereocenters. The topological polar surface area (TPSA) is 63.8 Å². The summed E-state index contributed by atoms with van der Waals surface area (Å²) in [7, 11) is 0. The predicted molar refractivity (Wildman–Crippen MR) is 68.9 cm³/mol. The summed E-state index contributed by atoms with van der Waals surface area (Å²) in [5, 5.41) is 2.75. The molecule has 100 valence electrons. The largest absolute Gasteiger partial charge is 0.433 e. The molecule has 3 N–H and O–H groups in total. The number of rotatable bonds is 2. The summed E-state index contributed by atoms with van der Waals surface area (Å²) in [5.74, 6) is -0.462. The molecule has 1 heterocycles. The molecular weight excluding hydrogens is 325 g/mol. The fourth-order valence-corrected chi connectivity index (χ4v) is 1.76. The zero-order valence-corrected chi connectivity index (χ0v) is 11.0. The van der Waals surface area contributed by atoms with Crippen molar-refractivity contribution >= 4 is 33.4 Å². The van der Waals surface area contributed by atoms with E-state index in [1.807, 2.05) is 0 Å². The fraction of sp³-hybridized carbons (Fsp3) is 0.0909. The summed E-state index contributed by atoms with van der Waals surface area (Å²) in [6.07, 6.45) is -4.57. The van der Waals surface area contributed by atoms with Crippen LogP contribution in [0.25, 0.3) is 0 Å². The standard InChI is InChI=1S/C11H8BrF3N4/c12-6-3-1-2-4-7(6)17-9-5-8(11(13,14)15)18-10(16)19-9/h1-5H,(H3,16,17,18,19). The van der Waals surface area contributed by atoms with Crippen LogP contribution in [0.4, 0.5) is 30.6 Å². The Hall–Kier alpha value is -1.83. The molecule has 2 aromatic rings. The molecule has 8 heteroatoms. The van der Waals surface area contributed by atoms with Crippen LogP contribution in [-0.4, -0.2) is 9.97 Å². The third-order valence-electron chi connectivity index (χ3n) is 2.17. The van der Waals surface area contributed by atoms with Crippen molar-refractivity contribution in [1.29, 1.82) is 0 Å². The van der Waals surface area contributed by atoms with Crippen LogP contribution in [0.15, 0.2) is 34.8 Å². The predicted octanol–water partition coefficient (Wildman–Crippen LogP) is 3.58. The maximum atomic E-state index is 12.6. The lowest BCUT2D eigenvalue weighted by atomic mass is 10.3. The van der Waals surface area contributed by atoms with E-state index in [0.29, 0.717) is 10.2 Å². The van der Waals surface area contributed by atoms with E-state index >= 15 is 0 Å². The monoisotopic (exact) mass is 332 g/mol. The molecule has 0 amide bonds. The minimum atomic E-state index is -4.57. The van der Waals surface area contributed by atoms with E-state index < -0.39 is 17.8 Å². The molecular formula is C11H8BrF3N4. The second kappa shape index (κ2) is 5.04. The Balaban J connectivity index is 2.36. The zero-order chi connectivity index (χ0) is 14.0. The van der Waals surface area contributed by atoms with Crippen LogP contribution in [0.1, 0.15) is 5.69 Å². The molecule has 2 rings (SSSR count). The smallest absolute Gasteiger partial charge is 0.368 e. The van der Waals surface area contributed by atoms with E-state index in [2.05, 4.69) is 31.2 Å². The minimum absolute atomic E-state index is 0.0216. The van der Waals surface area contributed by atoms with Crippen molar-refractivity contribution in [2.24, 2.45) is 0 Å². The Morgan fingerprint density at radius 3 is 2.47 bits per heavy atom. The third kappa shape index (κ3) is 3.34. The first-order valence-corrected chi connectivity index (χ1v) is 5.89. The highest BCUT2D eigenvalue weighted by Crippen LogP contribution is 2.31. The number of alkyl halides is 3. The number of hydrogen-bond donors (Lipinski definition) is 2. The third-order valence-corrected chi connectivity index (χ3v) is 2.86. The Labute approximate surface area is 115 Å². The Bertz CT molecular complexity index is 601. The van der Waals surface area contributed by atoms with E-state index in [0.717, 1.165) is 6.07 Å². The summed E-state index contributed by atoms with van der Waals surface area (Å²) in [6.45, 7) is 0. The van der Waals surface area contributed by atoms with Gasteiger partial charge in [0, 0.05) is 10.5 Å². The molecule has 0 unspecified atom stereocenters. The molecule has 0 fully saturated rings. The lowest BCUT2D eigenvalue weighted by Crippen LogP contribution is -2.12. The van der Waals surface area contributed by atoms with Gasteiger partial charge in [0.25, 0.3) is 0 Å². The van der Waals surface area contributed by atoms with Gasteiger partial charge in [0.2, 0.25) is 5.95 Å². The van der Waals surface area contributed by atoms with Crippen LogP contribution in [0, 0.1) is 0 Å². The number of benzene rings is 1. The second-order valence-corrected chi connectivity index (χ2v) is 4.45. The summed E-state index contributed by atoms with van der Waals surface area (Å²) in [5.41, 5.74) is 4.76. The average molecular weight is 333 g/mol. The van der Waals surface area contributed by atoms with Gasteiger partial charge in [0.05, 0.1) is 5.69 Å². The number of anilines is 3. The van der Waals surface area contributed by atoms with Crippen molar-refractivity contribution in [3.05, 3.63) is 40.5 Å². The fourth-order valence-electron chi connectivity index (χ4n) is 1.38. The average Bonchev–Trinajstić information content (AvgIpc) is 2.30. The van der Waals surface area contributed by atoms with E-state index in [1.54, 1.807) is 24.3 Å². The van der Waals surface area contributed by atoms with Gasteiger partial charge in [-0.2, -0.15) is 18.2 Å². The minimum Gasteiger partial charge on any atom is -0.368 e. The maximum Gasteiger partial charge on any atom is 0.433 e. The van der Waals surface area contributed by atoms with E-state index in [4.69, 9.17) is 5.73 Å². The molecule has 0 saturated heterocycles. The number of hydrogen-bond acceptors (Lipinski definition) is 4. The van der Waals surface area contributed by atoms with Gasteiger partial charge < -0.3 is 11.1 Å². The molecule has 0 spiro atoms. The number of nitrogen functional groups attached to an aromatic ring is 1. The van der Waals surface area contributed by atoms with Gasteiger partial charge in [0.15, 0.2) is 5.69 Å². The quantitative estimate of drug-likeness (QED) is 0.882. The summed E-state index contributed by atoms with van der Waals surface area (Å²) >= 11 is 3.27. The molecule has 1 aromatic carbocycles. The number of para-hydroxylation sites is 1. The van der Waals surface area contributed by atoms with E-state index in [-0.39, 0.29) is 5.82 Å². The van der Waals surface area contributed by atoms with E-state index in [9.17, 15) is 13.2 Å². The van der Waals surface area contributed by atoms with Crippen LogP contribution < -0.4 is 11.1 Å². The number of aromatic nitrogens is 2. The highest BCUT2D eigenvalue weighted by molar-refractivity contribution is 9.10. The lowest BCUT2D eigenvalue weighted by Gasteiger charge is -2.11. The second-order valence-electron chi connectivity index (χ2n) is 3.60. The van der Waals surface area contributed by atoms with Crippen molar-refractivity contribution in [2.75, 3.05) is 11.1 Å². The van der Waals surface area contributed by atoms with Crippen molar-refractivity contribution in [2.45, 2.75) is 6.18 Å². The molecule has 0 aliphatic rings. The van der Waals surface area contributed by atoms with Crippen molar-refractivity contribution in [3.63, 3.8) is 0 Å².